The minimum atomic E-state index is -0.862. The normalized spacial score (nSPS) is 11.2. The predicted molar refractivity (Wildman–Crippen MR) is 144 cm³/mol. The van der Waals surface area contributed by atoms with E-state index in [4.69, 9.17) is 5.26 Å². The van der Waals surface area contributed by atoms with E-state index in [2.05, 4.69) is 16.0 Å². The van der Waals surface area contributed by atoms with Gasteiger partial charge >= 0.3 is 6.03 Å². The Morgan fingerprint density at radius 3 is 2.24 bits per heavy atom. The van der Waals surface area contributed by atoms with Crippen molar-refractivity contribution in [3.8, 4) is 11.8 Å². The van der Waals surface area contributed by atoms with E-state index in [1.165, 1.54) is 18.2 Å². The van der Waals surface area contributed by atoms with Crippen LogP contribution in [0.4, 0.5) is 21.9 Å². The maximum atomic E-state index is 13.3. The fourth-order valence-corrected chi connectivity index (χ4v) is 3.92. The molecule has 3 amide bonds. The number of hydrogen-bond donors (Lipinski definition) is 4. The van der Waals surface area contributed by atoms with Crippen LogP contribution in [-0.4, -0.2) is 22.8 Å². The van der Waals surface area contributed by atoms with Crippen LogP contribution in [0.25, 0.3) is 0 Å². The van der Waals surface area contributed by atoms with Gasteiger partial charge in [0, 0.05) is 23.0 Å². The Labute approximate surface area is 216 Å². The molecule has 3 aromatic rings. The summed E-state index contributed by atoms with van der Waals surface area (Å²) in [5, 5.41) is 27.2. The molecule has 190 valence electrons. The number of aromatic hydroxyl groups is 1. The summed E-state index contributed by atoms with van der Waals surface area (Å²) in [5.74, 6) is -1.79. The lowest BCUT2D eigenvalue weighted by Gasteiger charge is -2.18. The second-order valence-electron chi connectivity index (χ2n) is 8.87. The smallest absolute Gasteiger partial charge is 0.323 e. The van der Waals surface area contributed by atoms with Crippen molar-refractivity contribution in [3.05, 3.63) is 82.9 Å². The number of nitrogens with zero attached hydrogens (tertiary/aromatic N) is 1. The average molecular weight is 499 g/mol. The van der Waals surface area contributed by atoms with Crippen LogP contribution in [0, 0.1) is 31.1 Å². The second kappa shape index (κ2) is 12.4. The van der Waals surface area contributed by atoms with Crippen molar-refractivity contribution in [1.82, 2.24) is 0 Å². The zero-order valence-electron chi connectivity index (χ0n) is 21.1. The van der Waals surface area contributed by atoms with Gasteiger partial charge in [0.1, 0.15) is 11.7 Å². The number of aryl methyl sites for hydroxylation is 2. The van der Waals surface area contributed by atoms with Gasteiger partial charge in [-0.25, -0.2) is 4.79 Å². The SMILES string of the molecule is CCCCC(C(=O)Nc1ccc(NC(=O)Nc2ccc(C#N)cc2)c(O)c1)C(=O)c1ccc(C)cc1C. The van der Waals surface area contributed by atoms with Crippen LogP contribution in [0.2, 0.25) is 0 Å². The van der Waals surface area contributed by atoms with Crippen molar-refractivity contribution in [2.24, 2.45) is 5.92 Å². The zero-order chi connectivity index (χ0) is 26.9. The molecular weight excluding hydrogens is 468 g/mol. The van der Waals surface area contributed by atoms with E-state index in [1.54, 1.807) is 30.3 Å². The summed E-state index contributed by atoms with van der Waals surface area (Å²) in [6.45, 7) is 5.80. The molecular formula is C29H30N4O4. The van der Waals surface area contributed by atoms with Crippen LogP contribution in [-0.2, 0) is 4.79 Å². The van der Waals surface area contributed by atoms with Crippen LogP contribution in [0.5, 0.6) is 5.75 Å². The molecule has 0 bridgehead atoms. The Hall–Kier alpha value is -4.64. The zero-order valence-corrected chi connectivity index (χ0v) is 21.1. The highest BCUT2D eigenvalue weighted by molar-refractivity contribution is 6.14. The van der Waals surface area contributed by atoms with Crippen molar-refractivity contribution < 1.29 is 19.5 Å². The number of phenolic OH excluding ortho intramolecular Hbond substituents is 1. The third-order valence-corrected chi connectivity index (χ3v) is 5.91. The number of Topliss-reactive ketones (excluding diaryl/α,β-unsaturated/α-hetero) is 1. The van der Waals surface area contributed by atoms with E-state index in [0.717, 1.165) is 24.0 Å². The molecule has 0 heterocycles. The van der Waals surface area contributed by atoms with Gasteiger partial charge in [-0.1, -0.05) is 43.5 Å². The minimum absolute atomic E-state index is 0.137. The number of amides is 3. The van der Waals surface area contributed by atoms with E-state index in [1.807, 2.05) is 39.0 Å². The van der Waals surface area contributed by atoms with E-state index >= 15 is 0 Å². The van der Waals surface area contributed by atoms with Crippen molar-refractivity contribution in [3.63, 3.8) is 0 Å². The highest BCUT2D eigenvalue weighted by Crippen LogP contribution is 2.28. The molecule has 0 spiro atoms. The van der Waals surface area contributed by atoms with Crippen LogP contribution in [0.15, 0.2) is 60.7 Å². The number of urea groups is 1. The molecule has 0 aliphatic carbocycles. The Kier molecular flexibility index (Phi) is 9.00. The van der Waals surface area contributed by atoms with E-state index in [0.29, 0.717) is 28.9 Å². The number of ketones is 1. The van der Waals surface area contributed by atoms with Gasteiger partial charge in [0.05, 0.1) is 17.3 Å². The third kappa shape index (κ3) is 7.18. The molecule has 3 rings (SSSR count). The Morgan fingerprint density at radius 1 is 0.919 bits per heavy atom. The van der Waals surface area contributed by atoms with E-state index in [-0.39, 0.29) is 17.2 Å². The lowest BCUT2D eigenvalue weighted by atomic mass is 9.89. The topological polar surface area (TPSA) is 131 Å². The number of nitriles is 1. The van der Waals surface area contributed by atoms with Gasteiger partial charge in [0.25, 0.3) is 0 Å². The molecule has 8 heteroatoms. The number of hydrogen-bond acceptors (Lipinski definition) is 5. The molecule has 1 atom stereocenters. The predicted octanol–water partition coefficient (Wildman–Crippen LogP) is 6.15. The molecule has 37 heavy (non-hydrogen) atoms. The fraction of sp³-hybridized carbons (Fsp3) is 0.241. The molecule has 0 saturated carbocycles. The molecule has 0 fully saturated rings. The molecule has 0 aromatic heterocycles. The molecule has 0 aliphatic heterocycles. The Morgan fingerprint density at radius 2 is 1.62 bits per heavy atom. The maximum absolute atomic E-state index is 13.3. The van der Waals surface area contributed by atoms with Gasteiger partial charge in [-0.05, 0) is 62.2 Å². The monoisotopic (exact) mass is 498 g/mol. The van der Waals surface area contributed by atoms with Crippen molar-refractivity contribution in [1.29, 1.82) is 5.26 Å². The van der Waals surface area contributed by atoms with Gasteiger partial charge in [-0.2, -0.15) is 5.26 Å². The fourth-order valence-electron chi connectivity index (χ4n) is 3.92. The molecule has 4 N–H and O–H groups in total. The first kappa shape index (κ1) is 27.0. The van der Waals surface area contributed by atoms with E-state index < -0.39 is 17.9 Å². The van der Waals surface area contributed by atoms with Gasteiger partial charge in [-0.3, -0.25) is 9.59 Å². The largest absolute Gasteiger partial charge is 0.506 e. The first-order valence-electron chi connectivity index (χ1n) is 12.0. The highest BCUT2D eigenvalue weighted by Gasteiger charge is 2.28. The van der Waals surface area contributed by atoms with Crippen LogP contribution in [0.1, 0.15) is 53.2 Å². The molecule has 0 aliphatic rings. The summed E-state index contributed by atoms with van der Waals surface area (Å²) in [4.78, 5) is 38.7. The average Bonchev–Trinajstić information content (AvgIpc) is 2.86. The number of benzene rings is 3. The van der Waals surface area contributed by atoms with Crippen molar-refractivity contribution >= 4 is 34.8 Å². The molecule has 0 saturated heterocycles. The number of unbranched alkanes of at least 4 members (excludes halogenated alkanes) is 1. The standard InChI is InChI=1S/C29H30N4O4/c1-4-5-6-24(27(35)23-13-7-18(2)15-19(23)3)28(36)31-22-12-14-25(26(34)16-22)33-29(37)32-21-10-8-20(17-30)9-11-21/h7-16,24,34H,4-6H2,1-3H3,(H,31,36)(H2,32,33,37). The number of nitrogens with one attached hydrogen (secondary N) is 3. The summed E-state index contributed by atoms with van der Waals surface area (Å²) in [7, 11) is 0. The molecule has 1 unspecified atom stereocenters. The second-order valence-corrected chi connectivity index (χ2v) is 8.87. The third-order valence-electron chi connectivity index (χ3n) is 5.91. The lowest BCUT2D eigenvalue weighted by molar-refractivity contribution is -0.118. The van der Waals surface area contributed by atoms with Crippen LogP contribution >= 0.6 is 0 Å². The molecule has 3 aromatic carbocycles. The van der Waals surface area contributed by atoms with E-state index in [9.17, 15) is 19.5 Å². The Bertz CT molecular complexity index is 1340. The Balaban J connectivity index is 1.69. The van der Waals surface area contributed by atoms with Crippen LogP contribution < -0.4 is 16.0 Å². The first-order valence-corrected chi connectivity index (χ1v) is 12.0. The van der Waals surface area contributed by atoms with Crippen molar-refractivity contribution in [2.75, 3.05) is 16.0 Å². The van der Waals surface area contributed by atoms with Gasteiger partial charge < -0.3 is 21.1 Å². The van der Waals surface area contributed by atoms with Crippen LogP contribution in [0.3, 0.4) is 0 Å². The lowest BCUT2D eigenvalue weighted by Crippen LogP contribution is -2.30. The van der Waals surface area contributed by atoms with Crippen molar-refractivity contribution in [2.45, 2.75) is 40.0 Å². The summed E-state index contributed by atoms with van der Waals surface area (Å²) >= 11 is 0. The highest BCUT2D eigenvalue weighted by atomic mass is 16.3. The number of carbonyl (C=O) groups is 3. The van der Waals surface area contributed by atoms with Gasteiger partial charge in [0.15, 0.2) is 5.78 Å². The summed E-state index contributed by atoms with van der Waals surface area (Å²) in [5.41, 5.74) is 3.77. The van der Waals surface area contributed by atoms with Gasteiger partial charge in [-0.15, -0.1) is 0 Å². The first-order chi connectivity index (χ1) is 17.7. The quantitative estimate of drug-likeness (QED) is 0.160. The summed E-state index contributed by atoms with van der Waals surface area (Å²) in [6.07, 6.45) is 1.97. The summed E-state index contributed by atoms with van der Waals surface area (Å²) < 4.78 is 0. The molecule has 8 nitrogen and oxygen atoms in total. The number of rotatable bonds is 9. The minimum Gasteiger partial charge on any atom is -0.506 e. The number of anilines is 3. The number of carbonyl (C=O) groups excluding carboxylic acids is 3. The number of phenols is 1. The summed E-state index contributed by atoms with van der Waals surface area (Å²) in [6, 6.07) is 17.6. The maximum Gasteiger partial charge on any atom is 0.323 e. The molecule has 0 radical (unpaired) electrons. The van der Waals surface area contributed by atoms with Gasteiger partial charge in [0.2, 0.25) is 5.91 Å².